The summed E-state index contributed by atoms with van der Waals surface area (Å²) in [6.07, 6.45) is 4.96. The van der Waals surface area contributed by atoms with E-state index in [9.17, 15) is 9.90 Å². The van der Waals surface area contributed by atoms with E-state index in [2.05, 4.69) is 15.3 Å². The van der Waals surface area contributed by atoms with Gasteiger partial charge in [-0.15, -0.1) is 0 Å². The number of aliphatic hydroxyl groups is 1. The Balaban J connectivity index is 1.92. The monoisotopic (exact) mass is 265 g/mol. The molecule has 0 amide bonds. The number of nitrogens with one attached hydrogen (secondary N) is 1. The average molecular weight is 265 g/mol. The topological polar surface area (TPSA) is 95.3 Å². The van der Waals surface area contributed by atoms with Gasteiger partial charge in [0, 0.05) is 12.7 Å². The highest BCUT2D eigenvalue weighted by Gasteiger charge is 2.20. The van der Waals surface area contributed by atoms with Crippen LogP contribution in [0.4, 0.5) is 5.95 Å². The van der Waals surface area contributed by atoms with Gasteiger partial charge in [-0.05, 0) is 32.1 Å². The fraction of sp³-hybridized carbons (Fsp3) is 0.615. The summed E-state index contributed by atoms with van der Waals surface area (Å²) in [6.45, 7) is 2.36. The molecule has 1 heterocycles. The smallest absolute Gasteiger partial charge is 0.339 e. The van der Waals surface area contributed by atoms with Gasteiger partial charge in [-0.3, -0.25) is 0 Å². The van der Waals surface area contributed by atoms with Gasteiger partial charge in [0.1, 0.15) is 0 Å². The number of aromatic carboxylic acids is 1. The molecule has 19 heavy (non-hydrogen) atoms. The highest BCUT2D eigenvalue weighted by molar-refractivity contribution is 5.88. The number of aromatic nitrogens is 2. The molecule has 0 aliphatic heterocycles. The maximum absolute atomic E-state index is 10.8. The largest absolute Gasteiger partial charge is 0.478 e. The Bertz CT molecular complexity index is 464. The lowest BCUT2D eigenvalue weighted by Gasteiger charge is -2.25. The van der Waals surface area contributed by atoms with Crippen molar-refractivity contribution in [1.82, 2.24) is 9.97 Å². The number of rotatable bonds is 4. The molecule has 1 saturated carbocycles. The molecule has 1 aliphatic carbocycles. The highest BCUT2D eigenvalue weighted by Crippen LogP contribution is 2.24. The standard InChI is InChI=1S/C13H19N3O3/c1-8-11(12(18)19)7-15-13(16-8)14-6-9-3-2-4-10(17)5-9/h7,9-10,17H,2-6H2,1H3,(H,18,19)(H,14,15,16). The van der Waals surface area contributed by atoms with Crippen LogP contribution in [-0.2, 0) is 0 Å². The third kappa shape index (κ3) is 3.64. The number of anilines is 1. The first-order valence-electron chi connectivity index (χ1n) is 6.55. The number of aryl methyl sites for hydroxylation is 1. The Morgan fingerprint density at radius 1 is 1.53 bits per heavy atom. The fourth-order valence-electron chi connectivity index (χ4n) is 2.45. The van der Waals surface area contributed by atoms with Crippen molar-refractivity contribution >= 4 is 11.9 Å². The van der Waals surface area contributed by atoms with E-state index >= 15 is 0 Å². The molecule has 0 bridgehead atoms. The average Bonchev–Trinajstić information content (AvgIpc) is 2.36. The second kappa shape index (κ2) is 5.97. The number of carboxylic acid groups (broad SMARTS) is 1. The van der Waals surface area contributed by atoms with Gasteiger partial charge in [-0.2, -0.15) is 0 Å². The first-order chi connectivity index (χ1) is 9.06. The van der Waals surface area contributed by atoms with Crippen molar-refractivity contribution < 1.29 is 15.0 Å². The molecule has 0 aromatic carbocycles. The summed E-state index contributed by atoms with van der Waals surface area (Å²) in [5.74, 6) is -0.145. The molecule has 6 heteroatoms. The van der Waals surface area contributed by atoms with Crippen molar-refractivity contribution in [2.45, 2.75) is 38.7 Å². The minimum Gasteiger partial charge on any atom is -0.478 e. The second-order valence-corrected chi connectivity index (χ2v) is 5.07. The summed E-state index contributed by atoms with van der Waals surface area (Å²) in [7, 11) is 0. The molecule has 2 rings (SSSR count). The predicted molar refractivity (Wildman–Crippen MR) is 70.2 cm³/mol. The van der Waals surface area contributed by atoms with Gasteiger partial charge < -0.3 is 15.5 Å². The van der Waals surface area contributed by atoms with Crippen LogP contribution in [0.1, 0.15) is 41.7 Å². The van der Waals surface area contributed by atoms with Gasteiger partial charge in [0.15, 0.2) is 0 Å². The zero-order valence-electron chi connectivity index (χ0n) is 11.0. The molecule has 104 valence electrons. The van der Waals surface area contributed by atoms with Crippen molar-refractivity contribution in [3.05, 3.63) is 17.5 Å². The van der Waals surface area contributed by atoms with Crippen molar-refractivity contribution in [2.75, 3.05) is 11.9 Å². The van der Waals surface area contributed by atoms with Crippen molar-refractivity contribution in [2.24, 2.45) is 5.92 Å². The lowest BCUT2D eigenvalue weighted by molar-refractivity contribution is 0.0695. The molecular formula is C13H19N3O3. The molecule has 1 aromatic rings. The van der Waals surface area contributed by atoms with Crippen LogP contribution in [-0.4, -0.2) is 38.8 Å². The second-order valence-electron chi connectivity index (χ2n) is 5.07. The van der Waals surface area contributed by atoms with E-state index < -0.39 is 5.97 Å². The Hall–Kier alpha value is -1.69. The van der Waals surface area contributed by atoms with E-state index in [1.807, 2.05) is 0 Å². The molecule has 2 atom stereocenters. The highest BCUT2D eigenvalue weighted by atomic mass is 16.4. The Labute approximate surface area is 111 Å². The number of hydrogen-bond donors (Lipinski definition) is 3. The molecule has 1 aromatic heterocycles. The summed E-state index contributed by atoms with van der Waals surface area (Å²) < 4.78 is 0. The molecule has 2 unspecified atom stereocenters. The lowest BCUT2D eigenvalue weighted by Crippen LogP contribution is -2.25. The van der Waals surface area contributed by atoms with Gasteiger partial charge in [0.05, 0.1) is 17.4 Å². The maximum Gasteiger partial charge on any atom is 0.339 e. The van der Waals surface area contributed by atoms with Crippen LogP contribution >= 0.6 is 0 Å². The van der Waals surface area contributed by atoms with E-state index in [0.29, 0.717) is 24.1 Å². The first-order valence-corrected chi connectivity index (χ1v) is 6.55. The summed E-state index contributed by atoms with van der Waals surface area (Å²) >= 11 is 0. The minimum absolute atomic E-state index is 0.124. The van der Waals surface area contributed by atoms with Crippen LogP contribution < -0.4 is 5.32 Å². The quantitative estimate of drug-likeness (QED) is 0.762. The number of carbonyl (C=O) groups is 1. The van der Waals surface area contributed by atoms with Crippen LogP contribution in [0.2, 0.25) is 0 Å². The van der Waals surface area contributed by atoms with Gasteiger partial charge in [-0.25, -0.2) is 14.8 Å². The van der Waals surface area contributed by atoms with E-state index in [1.165, 1.54) is 6.20 Å². The van der Waals surface area contributed by atoms with Gasteiger partial charge in [0.25, 0.3) is 0 Å². The normalized spacial score (nSPS) is 23.1. The van der Waals surface area contributed by atoms with Crippen molar-refractivity contribution in [1.29, 1.82) is 0 Å². The Kier molecular flexibility index (Phi) is 4.31. The summed E-state index contributed by atoms with van der Waals surface area (Å²) in [4.78, 5) is 19.0. The Morgan fingerprint density at radius 2 is 2.32 bits per heavy atom. The van der Waals surface area contributed by atoms with E-state index in [4.69, 9.17) is 5.11 Å². The Morgan fingerprint density at radius 3 is 2.95 bits per heavy atom. The zero-order chi connectivity index (χ0) is 13.8. The number of carboxylic acids is 1. The third-order valence-electron chi connectivity index (χ3n) is 3.51. The molecule has 1 fully saturated rings. The third-order valence-corrected chi connectivity index (χ3v) is 3.51. The van der Waals surface area contributed by atoms with Gasteiger partial charge in [-0.1, -0.05) is 6.42 Å². The zero-order valence-corrected chi connectivity index (χ0v) is 11.0. The van der Waals surface area contributed by atoms with E-state index in [-0.39, 0.29) is 11.7 Å². The number of aliphatic hydroxyl groups excluding tert-OH is 1. The maximum atomic E-state index is 10.8. The summed E-state index contributed by atoms with van der Waals surface area (Å²) in [5.41, 5.74) is 0.576. The number of nitrogens with zero attached hydrogens (tertiary/aromatic N) is 2. The molecule has 1 aliphatic rings. The molecule has 0 saturated heterocycles. The van der Waals surface area contributed by atoms with E-state index in [1.54, 1.807) is 6.92 Å². The van der Waals surface area contributed by atoms with Crippen LogP contribution in [0, 0.1) is 12.8 Å². The van der Waals surface area contributed by atoms with Crippen LogP contribution in [0.15, 0.2) is 6.20 Å². The van der Waals surface area contributed by atoms with Gasteiger partial charge in [0.2, 0.25) is 5.95 Å². The minimum atomic E-state index is -1.01. The summed E-state index contributed by atoms with van der Waals surface area (Å²) in [5, 5.41) is 21.6. The van der Waals surface area contributed by atoms with Crippen LogP contribution in [0.3, 0.4) is 0 Å². The molecule has 0 radical (unpaired) electrons. The lowest BCUT2D eigenvalue weighted by atomic mass is 9.87. The SMILES string of the molecule is Cc1nc(NCC2CCCC(O)C2)ncc1C(=O)O. The molecule has 3 N–H and O–H groups in total. The molecule has 6 nitrogen and oxygen atoms in total. The molecule has 0 spiro atoms. The van der Waals surface area contributed by atoms with Crippen molar-refractivity contribution in [3.63, 3.8) is 0 Å². The fourth-order valence-corrected chi connectivity index (χ4v) is 2.45. The van der Waals surface area contributed by atoms with Crippen molar-refractivity contribution in [3.8, 4) is 0 Å². The summed E-state index contributed by atoms with van der Waals surface area (Å²) in [6, 6.07) is 0. The first kappa shape index (κ1) is 13.7. The predicted octanol–water partition coefficient (Wildman–Crippen LogP) is 1.45. The van der Waals surface area contributed by atoms with Crippen LogP contribution in [0.25, 0.3) is 0 Å². The van der Waals surface area contributed by atoms with E-state index in [0.717, 1.165) is 25.7 Å². The number of hydrogen-bond acceptors (Lipinski definition) is 5. The van der Waals surface area contributed by atoms with Gasteiger partial charge >= 0.3 is 5.97 Å². The van der Waals surface area contributed by atoms with Crippen LogP contribution in [0.5, 0.6) is 0 Å². The molecular weight excluding hydrogens is 246 g/mol.